The molecule has 5 rings (SSSR count). The van der Waals surface area contributed by atoms with Crippen LogP contribution in [0, 0.1) is 11.3 Å². The van der Waals surface area contributed by atoms with Gasteiger partial charge in [-0.2, -0.15) is 5.26 Å². The number of nitriles is 1. The van der Waals surface area contributed by atoms with Gasteiger partial charge in [0, 0.05) is 55.5 Å². The summed E-state index contributed by atoms with van der Waals surface area (Å²) < 4.78 is 0. The van der Waals surface area contributed by atoms with Crippen molar-refractivity contribution in [3.63, 3.8) is 0 Å². The molecule has 0 unspecified atom stereocenters. The Bertz CT molecular complexity index is 1230. The maximum Gasteiger partial charge on any atom is 0.199 e. The van der Waals surface area contributed by atoms with Crippen molar-refractivity contribution in [2.24, 2.45) is 0 Å². The van der Waals surface area contributed by atoms with Crippen LogP contribution in [-0.4, -0.2) is 46.2 Å². The maximum atomic E-state index is 10.4. The Morgan fingerprint density at radius 2 is 1.81 bits per heavy atom. The second-order valence-corrected chi connectivity index (χ2v) is 7.87. The van der Waals surface area contributed by atoms with E-state index in [1.54, 1.807) is 18.2 Å². The Morgan fingerprint density at radius 1 is 1.00 bits per heavy atom. The van der Waals surface area contributed by atoms with Crippen LogP contribution in [0.4, 0.5) is 5.69 Å². The van der Waals surface area contributed by atoms with Gasteiger partial charge in [0.15, 0.2) is 5.88 Å². The third-order valence-corrected chi connectivity index (χ3v) is 5.89. The van der Waals surface area contributed by atoms with E-state index in [2.05, 4.69) is 62.2 Å². The summed E-state index contributed by atoms with van der Waals surface area (Å²) in [4.78, 5) is 12.5. The number of nitrogens with one attached hydrogen (secondary N) is 1. The molecule has 0 aliphatic carbocycles. The van der Waals surface area contributed by atoms with Crippen molar-refractivity contribution in [1.82, 2.24) is 14.9 Å². The van der Waals surface area contributed by atoms with E-state index in [0.29, 0.717) is 16.8 Å². The lowest BCUT2D eigenvalue weighted by atomic mass is 10.1. The van der Waals surface area contributed by atoms with Gasteiger partial charge in [-0.3, -0.25) is 9.88 Å². The normalized spacial score (nSPS) is 14.6. The number of aromatic nitrogens is 2. The molecule has 1 fully saturated rings. The molecule has 154 valence electrons. The minimum atomic E-state index is 0.0716. The van der Waals surface area contributed by atoms with Crippen LogP contribution >= 0.6 is 0 Å². The Balaban J connectivity index is 1.29. The van der Waals surface area contributed by atoms with Crippen LogP contribution in [0.1, 0.15) is 11.1 Å². The summed E-state index contributed by atoms with van der Waals surface area (Å²) in [6.45, 7) is 4.90. The van der Waals surface area contributed by atoms with Crippen molar-refractivity contribution < 1.29 is 5.11 Å². The van der Waals surface area contributed by atoms with Gasteiger partial charge in [-0.25, -0.2) is 0 Å². The van der Waals surface area contributed by atoms with Gasteiger partial charge in [-0.1, -0.05) is 24.3 Å². The maximum absolute atomic E-state index is 10.4. The summed E-state index contributed by atoms with van der Waals surface area (Å²) in [5.41, 5.74) is 5.10. The standard InChI is InChI=1S/C25H23N5O/c26-15-18-6-8-22-21(14-18)24(25(31)28-22)23-9-7-19(16-27-23)17-29-10-12-30(13-11-29)20-4-2-1-3-5-20/h1-9,14,16,28,31H,10-13,17H2. The molecule has 2 aromatic carbocycles. The van der Waals surface area contributed by atoms with Crippen LogP contribution < -0.4 is 4.90 Å². The van der Waals surface area contributed by atoms with Crippen LogP contribution in [-0.2, 0) is 6.54 Å². The lowest BCUT2D eigenvalue weighted by Gasteiger charge is -2.36. The fourth-order valence-corrected chi connectivity index (χ4v) is 4.23. The van der Waals surface area contributed by atoms with Crippen LogP contribution in [0.2, 0.25) is 0 Å². The van der Waals surface area contributed by atoms with Gasteiger partial charge in [0.2, 0.25) is 0 Å². The molecule has 1 saturated heterocycles. The number of hydrogen-bond acceptors (Lipinski definition) is 5. The van der Waals surface area contributed by atoms with E-state index < -0.39 is 0 Å². The molecular formula is C25H23N5O. The van der Waals surface area contributed by atoms with Gasteiger partial charge in [-0.15, -0.1) is 0 Å². The Hall–Kier alpha value is -3.82. The SMILES string of the molecule is N#Cc1ccc2[nH]c(O)c(-c3ccc(CN4CCN(c5ccccc5)CC4)cn3)c2c1. The number of anilines is 1. The summed E-state index contributed by atoms with van der Waals surface area (Å²) in [5.74, 6) is 0.0716. The van der Waals surface area contributed by atoms with Gasteiger partial charge in [0.05, 0.1) is 22.9 Å². The molecule has 0 saturated carbocycles. The Kier molecular flexibility index (Phi) is 5.03. The predicted octanol–water partition coefficient (Wildman–Crippen LogP) is 4.13. The number of pyridine rings is 1. The molecule has 31 heavy (non-hydrogen) atoms. The van der Waals surface area contributed by atoms with Crippen molar-refractivity contribution in [1.29, 1.82) is 5.26 Å². The number of aromatic hydroxyl groups is 1. The molecule has 1 aliphatic rings. The monoisotopic (exact) mass is 409 g/mol. The van der Waals surface area contributed by atoms with E-state index in [0.717, 1.165) is 49.2 Å². The highest BCUT2D eigenvalue weighted by atomic mass is 16.3. The average molecular weight is 409 g/mol. The largest absolute Gasteiger partial charge is 0.494 e. The molecule has 0 bridgehead atoms. The third kappa shape index (κ3) is 3.83. The number of piperazine rings is 1. The Morgan fingerprint density at radius 3 is 2.52 bits per heavy atom. The molecule has 2 N–H and O–H groups in total. The van der Waals surface area contributed by atoms with Crippen LogP contribution in [0.15, 0.2) is 66.9 Å². The van der Waals surface area contributed by atoms with Crippen LogP contribution in [0.3, 0.4) is 0 Å². The Labute approximate surface area is 181 Å². The van der Waals surface area contributed by atoms with Gasteiger partial charge in [0.1, 0.15) is 0 Å². The predicted molar refractivity (Wildman–Crippen MR) is 122 cm³/mol. The number of hydrogen-bond donors (Lipinski definition) is 2. The fraction of sp³-hybridized carbons (Fsp3) is 0.200. The molecule has 3 heterocycles. The minimum absolute atomic E-state index is 0.0716. The molecule has 0 atom stereocenters. The molecule has 4 aromatic rings. The van der Waals surface area contributed by atoms with Crippen molar-refractivity contribution in [2.75, 3.05) is 31.1 Å². The van der Waals surface area contributed by atoms with E-state index in [-0.39, 0.29) is 5.88 Å². The van der Waals surface area contributed by atoms with E-state index in [4.69, 9.17) is 0 Å². The second-order valence-electron chi connectivity index (χ2n) is 7.87. The van der Waals surface area contributed by atoms with Gasteiger partial charge in [0.25, 0.3) is 0 Å². The number of nitrogens with zero attached hydrogens (tertiary/aromatic N) is 4. The molecule has 0 spiro atoms. The lowest BCUT2D eigenvalue weighted by molar-refractivity contribution is 0.249. The number of aromatic amines is 1. The first kappa shape index (κ1) is 19.2. The highest BCUT2D eigenvalue weighted by molar-refractivity contribution is 5.98. The summed E-state index contributed by atoms with van der Waals surface area (Å²) in [6, 6.07) is 22.0. The van der Waals surface area contributed by atoms with E-state index in [9.17, 15) is 10.4 Å². The van der Waals surface area contributed by atoms with E-state index in [1.165, 1.54) is 5.69 Å². The number of fused-ring (bicyclic) bond motifs is 1. The minimum Gasteiger partial charge on any atom is -0.494 e. The number of para-hydroxylation sites is 1. The number of benzene rings is 2. The summed E-state index contributed by atoms with van der Waals surface area (Å²) >= 11 is 0. The van der Waals surface area contributed by atoms with Crippen molar-refractivity contribution in [2.45, 2.75) is 6.54 Å². The van der Waals surface area contributed by atoms with Crippen molar-refractivity contribution in [3.05, 3.63) is 78.0 Å². The topological polar surface area (TPSA) is 79.2 Å². The zero-order valence-corrected chi connectivity index (χ0v) is 17.1. The summed E-state index contributed by atoms with van der Waals surface area (Å²) in [7, 11) is 0. The molecule has 1 aliphatic heterocycles. The smallest absolute Gasteiger partial charge is 0.199 e. The first-order valence-corrected chi connectivity index (χ1v) is 10.4. The van der Waals surface area contributed by atoms with Gasteiger partial charge in [-0.05, 0) is 42.0 Å². The first-order valence-electron chi connectivity index (χ1n) is 10.4. The van der Waals surface area contributed by atoms with Crippen molar-refractivity contribution in [3.8, 4) is 23.2 Å². The molecule has 6 nitrogen and oxygen atoms in total. The van der Waals surface area contributed by atoms with Crippen LogP contribution in [0.5, 0.6) is 5.88 Å². The fourth-order valence-electron chi connectivity index (χ4n) is 4.23. The lowest BCUT2D eigenvalue weighted by Crippen LogP contribution is -2.45. The first-order chi connectivity index (χ1) is 15.2. The molecular weight excluding hydrogens is 386 g/mol. The van der Waals surface area contributed by atoms with E-state index in [1.807, 2.05) is 12.3 Å². The molecule has 6 heteroatoms. The second kappa shape index (κ2) is 8.13. The summed E-state index contributed by atoms with van der Waals surface area (Å²) in [6.07, 6.45) is 1.88. The number of rotatable bonds is 4. The number of H-pyrrole nitrogens is 1. The highest BCUT2D eigenvalue weighted by Gasteiger charge is 2.18. The average Bonchev–Trinajstić information content (AvgIpc) is 3.15. The van der Waals surface area contributed by atoms with Gasteiger partial charge < -0.3 is 15.0 Å². The van der Waals surface area contributed by atoms with Gasteiger partial charge >= 0.3 is 0 Å². The highest BCUT2D eigenvalue weighted by Crippen LogP contribution is 2.36. The molecule has 2 aromatic heterocycles. The molecule has 0 amide bonds. The molecule has 0 radical (unpaired) electrons. The van der Waals surface area contributed by atoms with Crippen molar-refractivity contribution >= 4 is 16.6 Å². The summed E-state index contributed by atoms with van der Waals surface area (Å²) in [5, 5.41) is 20.4. The van der Waals surface area contributed by atoms with E-state index >= 15 is 0 Å². The quantitative estimate of drug-likeness (QED) is 0.530. The van der Waals surface area contributed by atoms with Crippen LogP contribution in [0.25, 0.3) is 22.2 Å². The zero-order chi connectivity index (χ0) is 21.2. The zero-order valence-electron chi connectivity index (χ0n) is 17.1. The third-order valence-electron chi connectivity index (χ3n) is 5.89.